The van der Waals surface area contributed by atoms with Crippen LogP contribution in [0.3, 0.4) is 0 Å². The highest BCUT2D eigenvalue weighted by Gasteiger charge is 2.14. The molecule has 0 radical (unpaired) electrons. The number of benzene rings is 1. The molecule has 0 fully saturated rings. The molecule has 1 N–H and O–H groups in total. The molecule has 0 spiro atoms. The van der Waals surface area contributed by atoms with Gasteiger partial charge in [0.25, 0.3) is 0 Å². The molecule has 0 aliphatic heterocycles. The van der Waals surface area contributed by atoms with Gasteiger partial charge in [-0.15, -0.1) is 0 Å². The quantitative estimate of drug-likeness (QED) is 0.807. The highest BCUT2D eigenvalue weighted by Crippen LogP contribution is 2.25. The van der Waals surface area contributed by atoms with Crippen LogP contribution in [-0.2, 0) is 12.8 Å². The average molecular weight is 231 g/mol. The Morgan fingerprint density at radius 1 is 1.12 bits per heavy atom. The molecule has 1 heteroatoms. The van der Waals surface area contributed by atoms with Gasteiger partial charge >= 0.3 is 0 Å². The Morgan fingerprint density at radius 3 is 2.53 bits per heavy atom. The van der Waals surface area contributed by atoms with E-state index < -0.39 is 0 Å². The van der Waals surface area contributed by atoms with Crippen molar-refractivity contribution >= 4 is 0 Å². The second kappa shape index (κ2) is 5.68. The highest BCUT2D eigenvalue weighted by atomic mass is 14.9. The molecule has 0 bridgehead atoms. The first-order valence-corrected chi connectivity index (χ1v) is 7.12. The molecule has 2 rings (SSSR count). The topological polar surface area (TPSA) is 12.0 Å². The largest absolute Gasteiger partial charge is 0.307 e. The van der Waals surface area contributed by atoms with Gasteiger partial charge in [0.05, 0.1) is 0 Å². The predicted octanol–water partition coefficient (Wildman–Crippen LogP) is 4.01. The van der Waals surface area contributed by atoms with Gasteiger partial charge in [0, 0.05) is 12.1 Å². The second-order valence-electron chi connectivity index (χ2n) is 5.28. The van der Waals surface area contributed by atoms with Gasteiger partial charge in [-0.05, 0) is 55.7 Å². The van der Waals surface area contributed by atoms with Crippen molar-refractivity contribution in [2.75, 3.05) is 0 Å². The summed E-state index contributed by atoms with van der Waals surface area (Å²) >= 11 is 0. The van der Waals surface area contributed by atoms with Crippen molar-refractivity contribution in [3.8, 4) is 0 Å². The number of hydrogen-bond acceptors (Lipinski definition) is 1. The van der Waals surface area contributed by atoms with Crippen LogP contribution in [0, 0.1) is 0 Å². The van der Waals surface area contributed by atoms with E-state index in [9.17, 15) is 0 Å². The maximum absolute atomic E-state index is 3.72. The van der Waals surface area contributed by atoms with Crippen LogP contribution in [0.5, 0.6) is 0 Å². The van der Waals surface area contributed by atoms with Gasteiger partial charge in [0.15, 0.2) is 0 Å². The minimum atomic E-state index is 0.478. The van der Waals surface area contributed by atoms with Gasteiger partial charge in [0.1, 0.15) is 0 Å². The van der Waals surface area contributed by atoms with E-state index in [-0.39, 0.29) is 0 Å². The molecule has 17 heavy (non-hydrogen) atoms. The van der Waals surface area contributed by atoms with E-state index >= 15 is 0 Å². The summed E-state index contributed by atoms with van der Waals surface area (Å²) in [5.41, 5.74) is 4.61. The van der Waals surface area contributed by atoms with E-state index in [0.29, 0.717) is 12.1 Å². The first-order chi connectivity index (χ1) is 8.24. The molecule has 1 nitrogen and oxygen atoms in total. The van der Waals surface area contributed by atoms with Crippen molar-refractivity contribution in [3.63, 3.8) is 0 Å². The number of aryl methyl sites for hydroxylation is 2. The zero-order valence-electron chi connectivity index (χ0n) is 11.4. The van der Waals surface area contributed by atoms with Crippen LogP contribution >= 0.6 is 0 Å². The third-order valence-corrected chi connectivity index (χ3v) is 4.09. The molecule has 1 atom stereocenters. The molecule has 0 saturated carbocycles. The molecule has 1 aromatic rings. The Kier molecular flexibility index (Phi) is 4.22. The number of rotatable bonds is 5. The van der Waals surface area contributed by atoms with Crippen LogP contribution in [0.15, 0.2) is 18.2 Å². The van der Waals surface area contributed by atoms with E-state index in [1.807, 2.05) is 0 Å². The lowest BCUT2D eigenvalue weighted by Crippen LogP contribution is -2.30. The summed E-state index contributed by atoms with van der Waals surface area (Å²) in [6.07, 6.45) is 6.33. The van der Waals surface area contributed by atoms with Gasteiger partial charge < -0.3 is 5.32 Å². The van der Waals surface area contributed by atoms with Gasteiger partial charge in [0.2, 0.25) is 0 Å². The summed E-state index contributed by atoms with van der Waals surface area (Å²) in [4.78, 5) is 0. The third-order valence-electron chi connectivity index (χ3n) is 4.09. The van der Waals surface area contributed by atoms with E-state index in [4.69, 9.17) is 0 Å². The summed E-state index contributed by atoms with van der Waals surface area (Å²) in [6, 6.07) is 8.19. The fourth-order valence-corrected chi connectivity index (χ4v) is 2.84. The lowest BCUT2D eigenvalue weighted by molar-refractivity contribution is 0.432. The molecular formula is C16H25N. The lowest BCUT2D eigenvalue weighted by Gasteiger charge is -2.22. The van der Waals surface area contributed by atoms with Crippen molar-refractivity contribution in [3.05, 3.63) is 34.9 Å². The van der Waals surface area contributed by atoms with E-state index in [1.165, 1.54) is 37.7 Å². The molecule has 1 aliphatic rings. The van der Waals surface area contributed by atoms with Crippen molar-refractivity contribution in [1.82, 2.24) is 5.32 Å². The molecule has 1 unspecified atom stereocenters. The predicted molar refractivity (Wildman–Crippen MR) is 74.4 cm³/mol. The molecule has 0 amide bonds. The minimum absolute atomic E-state index is 0.478. The van der Waals surface area contributed by atoms with Crippen LogP contribution in [-0.4, -0.2) is 6.04 Å². The number of nitrogens with one attached hydrogen (secondary N) is 1. The van der Waals surface area contributed by atoms with Gasteiger partial charge in [-0.3, -0.25) is 0 Å². The Bertz CT molecular complexity index is 366. The SMILES string of the molecule is CCC(CC)NC(C)c1ccc2c(c1)CCC2. The molecule has 0 saturated heterocycles. The maximum Gasteiger partial charge on any atom is 0.0294 e. The molecule has 0 heterocycles. The average Bonchev–Trinajstić information content (AvgIpc) is 2.82. The Hall–Kier alpha value is -0.820. The lowest BCUT2D eigenvalue weighted by atomic mass is 10.0. The fraction of sp³-hybridized carbons (Fsp3) is 0.625. The van der Waals surface area contributed by atoms with Crippen molar-refractivity contribution in [2.45, 2.75) is 65.0 Å². The van der Waals surface area contributed by atoms with Crippen LogP contribution < -0.4 is 5.32 Å². The molecule has 1 aromatic carbocycles. The minimum Gasteiger partial charge on any atom is -0.307 e. The van der Waals surface area contributed by atoms with E-state index in [0.717, 1.165) is 0 Å². The van der Waals surface area contributed by atoms with Crippen LogP contribution in [0.4, 0.5) is 0 Å². The van der Waals surface area contributed by atoms with Crippen LogP contribution in [0.1, 0.15) is 62.8 Å². The highest BCUT2D eigenvalue weighted by molar-refractivity contribution is 5.36. The second-order valence-corrected chi connectivity index (χ2v) is 5.28. The molecular weight excluding hydrogens is 206 g/mol. The summed E-state index contributed by atoms with van der Waals surface area (Å²) in [5, 5.41) is 3.72. The fourth-order valence-electron chi connectivity index (χ4n) is 2.84. The zero-order valence-corrected chi connectivity index (χ0v) is 11.4. The summed E-state index contributed by atoms with van der Waals surface area (Å²) < 4.78 is 0. The smallest absolute Gasteiger partial charge is 0.0294 e. The monoisotopic (exact) mass is 231 g/mol. The zero-order chi connectivity index (χ0) is 12.3. The number of fused-ring (bicyclic) bond motifs is 1. The van der Waals surface area contributed by atoms with Gasteiger partial charge in [-0.2, -0.15) is 0 Å². The van der Waals surface area contributed by atoms with Crippen LogP contribution in [0.2, 0.25) is 0 Å². The molecule has 0 aromatic heterocycles. The molecule has 1 aliphatic carbocycles. The normalized spacial score (nSPS) is 16.2. The molecule has 94 valence electrons. The summed E-state index contributed by atoms with van der Waals surface area (Å²) in [5.74, 6) is 0. The Balaban J connectivity index is 2.06. The standard InChI is InChI=1S/C16H25N/c1-4-16(5-2)17-12(3)14-10-9-13-7-6-8-15(13)11-14/h9-12,16-17H,4-8H2,1-3H3. The first kappa shape index (κ1) is 12.6. The van der Waals surface area contributed by atoms with Crippen molar-refractivity contribution in [2.24, 2.45) is 0 Å². The van der Waals surface area contributed by atoms with E-state index in [1.54, 1.807) is 11.1 Å². The third kappa shape index (κ3) is 2.90. The Labute approximate surface area is 106 Å². The van der Waals surface area contributed by atoms with E-state index in [2.05, 4.69) is 44.3 Å². The van der Waals surface area contributed by atoms with Gasteiger partial charge in [-0.1, -0.05) is 32.0 Å². The number of hydrogen-bond donors (Lipinski definition) is 1. The maximum atomic E-state index is 3.72. The van der Waals surface area contributed by atoms with Gasteiger partial charge in [-0.25, -0.2) is 0 Å². The first-order valence-electron chi connectivity index (χ1n) is 7.12. The Morgan fingerprint density at radius 2 is 1.82 bits per heavy atom. The summed E-state index contributed by atoms with van der Waals surface area (Å²) in [6.45, 7) is 6.81. The summed E-state index contributed by atoms with van der Waals surface area (Å²) in [7, 11) is 0. The van der Waals surface area contributed by atoms with Crippen molar-refractivity contribution in [1.29, 1.82) is 0 Å². The van der Waals surface area contributed by atoms with Crippen molar-refractivity contribution < 1.29 is 0 Å². The van der Waals surface area contributed by atoms with Crippen LogP contribution in [0.25, 0.3) is 0 Å².